The summed E-state index contributed by atoms with van der Waals surface area (Å²) >= 11 is 0. The van der Waals surface area contributed by atoms with Crippen molar-refractivity contribution in [2.24, 2.45) is 5.92 Å². The second kappa shape index (κ2) is 5.23. The molecule has 0 saturated carbocycles. The van der Waals surface area contributed by atoms with Crippen molar-refractivity contribution in [3.63, 3.8) is 0 Å². The highest BCUT2D eigenvalue weighted by molar-refractivity contribution is 5.24. The van der Waals surface area contributed by atoms with E-state index >= 15 is 0 Å². The fourth-order valence-corrected chi connectivity index (χ4v) is 1.96. The molecule has 1 saturated heterocycles. The van der Waals surface area contributed by atoms with E-state index in [2.05, 4.69) is 38.2 Å². The van der Waals surface area contributed by atoms with Crippen molar-refractivity contribution in [3.05, 3.63) is 23.3 Å². The molecule has 1 aliphatic rings. The van der Waals surface area contributed by atoms with E-state index in [-0.39, 0.29) is 0 Å². The minimum atomic E-state index is 0.817. The normalized spacial score (nSPS) is 22.1. The SMILES string of the molecule is C/C=C\C(C)=C(/C)C1CCNCC1. The zero-order valence-corrected chi connectivity index (χ0v) is 9.06. The van der Waals surface area contributed by atoms with E-state index in [0.717, 1.165) is 5.92 Å². The summed E-state index contributed by atoms with van der Waals surface area (Å²) in [7, 11) is 0. The summed E-state index contributed by atoms with van der Waals surface area (Å²) in [5.74, 6) is 0.817. The topological polar surface area (TPSA) is 12.0 Å². The minimum Gasteiger partial charge on any atom is -0.317 e. The molecule has 1 nitrogen and oxygen atoms in total. The lowest BCUT2D eigenvalue weighted by atomic mass is 9.88. The maximum absolute atomic E-state index is 3.40. The molecule has 0 spiro atoms. The van der Waals surface area contributed by atoms with E-state index in [1.807, 2.05) is 0 Å². The molecule has 1 fully saturated rings. The van der Waals surface area contributed by atoms with Crippen molar-refractivity contribution in [2.75, 3.05) is 13.1 Å². The van der Waals surface area contributed by atoms with E-state index < -0.39 is 0 Å². The highest BCUT2D eigenvalue weighted by atomic mass is 14.9. The molecule has 0 aromatic heterocycles. The standard InChI is InChI=1S/C12H21N/c1-4-5-10(2)11(3)12-6-8-13-9-7-12/h4-5,12-13H,6-9H2,1-3H3/b5-4-,11-10+. The van der Waals surface area contributed by atoms with Crippen molar-refractivity contribution >= 4 is 0 Å². The zero-order valence-electron chi connectivity index (χ0n) is 9.06. The molecular weight excluding hydrogens is 158 g/mol. The monoisotopic (exact) mass is 179 g/mol. The maximum atomic E-state index is 3.40. The second-order valence-corrected chi connectivity index (χ2v) is 3.89. The molecule has 0 atom stereocenters. The molecule has 1 heteroatoms. The average molecular weight is 179 g/mol. The quantitative estimate of drug-likeness (QED) is 0.643. The van der Waals surface area contributed by atoms with Gasteiger partial charge >= 0.3 is 0 Å². The summed E-state index contributed by atoms with van der Waals surface area (Å²) in [6.07, 6.45) is 6.96. The van der Waals surface area contributed by atoms with Gasteiger partial charge in [0.05, 0.1) is 0 Å². The smallest absolute Gasteiger partial charge is 0.00432 e. The molecule has 1 N–H and O–H groups in total. The number of rotatable bonds is 2. The van der Waals surface area contributed by atoms with E-state index in [9.17, 15) is 0 Å². The summed E-state index contributed by atoms with van der Waals surface area (Å²) in [5.41, 5.74) is 3.04. The third-order valence-corrected chi connectivity index (χ3v) is 2.99. The molecule has 0 bridgehead atoms. The first-order chi connectivity index (χ1) is 6.25. The Bertz CT molecular complexity index is 207. The zero-order chi connectivity index (χ0) is 9.68. The third-order valence-electron chi connectivity index (χ3n) is 2.99. The lowest BCUT2D eigenvalue weighted by Gasteiger charge is -2.24. The molecule has 74 valence electrons. The van der Waals surface area contributed by atoms with Crippen LogP contribution >= 0.6 is 0 Å². The Morgan fingerprint density at radius 3 is 2.38 bits per heavy atom. The van der Waals surface area contributed by atoms with Gasteiger partial charge in [0.25, 0.3) is 0 Å². The minimum absolute atomic E-state index is 0.817. The van der Waals surface area contributed by atoms with Gasteiger partial charge in [0.1, 0.15) is 0 Å². The van der Waals surface area contributed by atoms with E-state index in [4.69, 9.17) is 0 Å². The van der Waals surface area contributed by atoms with Crippen molar-refractivity contribution in [2.45, 2.75) is 33.6 Å². The Kier molecular flexibility index (Phi) is 4.23. The van der Waals surface area contributed by atoms with Crippen LogP contribution in [0.4, 0.5) is 0 Å². The van der Waals surface area contributed by atoms with Gasteiger partial charge in [-0.3, -0.25) is 0 Å². The highest BCUT2D eigenvalue weighted by Gasteiger charge is 2.15. The van der Waals surface area contributed by atoms with Crippen LogP contribution < -0.4 is 5.32 Å². The number of hydrogen-bond donors (Lipinski definition) is 1. The molecule has 0 unspecified atom stereocenters. The molecule has 0 aromatic carbocycles. The molecule has 1 rings (SSSR count). The maximum Gasteiger partial charge on any atom is -0.00432 e. The average Bonchev–Trinajstić information content (AvgIpc) is 2.18. The summed E-state index contributed by atoms with van der Waals surface area (Å²) in [6.45, 7) is 8.96. The Labute approximate surface area is 81.9 Å². The molecule has 0 aromatic rings. The lowest BCUT2D eigenvalue weighted by Crippen LogP contribution is -2.28. The third kappa shape index (κ3) is 3.00. The van der Waals surface area contributed by atoms with Crippen LogP contribution in [-0.2, 0) is 0 Å². The van der Waals surface area contributed by atoms with Gasteiger partial charge < -0.3 is 5.32 Å². The largest absolute Gasteiger partial charge is 0.317 e. The first kappa shape index (κ1) is 10.5. The van der Waals surface area contributed by atoms with Crippen LogP contribution in [0, 0.1) is 5.92 Å². The first-order valence-electron chi connectivity index (χ1n) is 5.26. The van der Waals surface area contributed by atoms with Crippen molar-refractivity contribution in [1.29, 1.82) is 0 Å². The van der Waals surface area contributed by atoms with Gasteiger partial charge in [0, 0.05) is 0 Å². The van der Waals surface area contributed by atoms with Crippen LogP contribution in [0.1, 0.15) is 33.6 Å². The lowest BCUT2D eigenvalue weighted by molar-refractivity contribution is 0.418. The first-order valence-corrected chi connectivity index (χ1v) is 5.26. The summed E-state index contributed by atoms with van der Waals surface area (Å²) in [6, 6.07) is 0. The van der Waals surface area contributed by atoms with Crippen LogP contribution in [0.25, 0.3) is 0 Å². The molecule has 1 heterocycles. The second-order valence-electron chi connectivity index (χ2n) is 3.89. The molecule has 0 amide bonds. The summed E-state index contributed by atoms with van der Waals surface area (Å²) < 4.78 is 0. The van der Waals surface area contributed by atoms with Crippen molar-refractivity contribution in [1.82, 2.24) is 5.32 Å². The molecule has 0 radical (unpaired) electrons. The van der Waals surface area contributed by atoms with Gasteiger partial charge in [-0.1, -0.05) is 23.3 Å². The molecular formula is C12H21N. The number of hydrogen-bond acceptors (Lipinski definition) is 1. The number of allylic oxidation sites excluding steroid dienone is 4. The fourth-order valence-electron chi connectivity index (χ4n) is 1.96. The molecule has 13 heavy (non-hydrogen) atoms. The van der Waals surface area contributed by atoms with E-state index in [1.165, 1.54) is 31.5 Å². The van der Waals surface area contributed by atoms with Gasteiger partial charge in [-0.15, -0.1) is 0 Å². The molecule has 0 aliphatic carbocycles. The van der Waals surface area contributed by atoms with Gasteiger partial charge in [0.2, 0.25) is 0 Å². The fraction of sp³-hybridized carbons (Fsp3) is 0.667. The van der Waals surface area contributed by atoms with Crippen molar-refractivity contribution in [3.8, 4) is 0 Å². The van der Waals surface area contributed by atoms with Crippen LogP contribution in [-0.4, -0.2) is 13.1 Å². The van der Waals surface area contributed by atoms with Gasteiger partial charge in [-0.05, 0) is 52.6 Å². The Morgan fingerprint density at radius 1 is 1.23 bits per heavy atom. The predicted molar refractivity (Wildman–Crippen MR) is 58.8 cm³/mol. The van der Waals surface area contributed by atoms with Crippen molar-refractivity contribution < 1.29 is 0 Å². The van der Waals surface area contributed by atoms with Crippen LogP contribution in [0.3, 0.4) is 0 Å². The Balaban J connectivity index is 2.62. The van der Waals surface area contributed by atoms with Gasteiger partial charge in [0.15, 0.2) is 0 Å². The molecule has 1 aliphatic heterocycles. The van der Waals surface area contributed by atoms with Crippen LogP contribution in [0.2, 0.25) is 0 Å². The Hall–Kier alpha value is -0.560. The van der Waals surface area contributed by atoms with E-state index in [1.54, 1.807) is 5.57 Å². The highest BCUT2D eigenvalue weighted by Crippen LogP contribution is 2.23. The summed E-state index contributed by atoms with van der Waals surface area (Å²) in [4.78, 5) is 0. The number of nitrogens with one attached hydrogen (secondary N) is 1. The Morgan fingerprint density at radius 2 is 1.85 bits per heavy atom. The van der Waals surface area contributed by atoms with Crippen LogP contribution in [0.5, 0.6) is 0 Å². The van der Waals surface area contributed by atoms with Gasteiger partial charge in [-0.2, -0.15) is 0 Å². The number of piperidine rings is 1. The van der Waals surface area contributed by atoms with Crippen LogP contribution in [0.15, 0.2) is 23.3 Å². The van der Waals surface area contributed by atoms with E-state index in [0.29, 0.717) is 0 Å². The summed E-state index contributed by atoms with van der Waals surface area (Å²) in [5, 5.41) is 3.40. The van der Waals surface area contributed by atoms with Gasteiger partial charge in [-0.25, -0.2) is 0 Å². The predicted octanol–water partition coefficient (Wildman–Crippen LogP) is 2.90.